The fraction of sp³-hybridized carbons (Fsp3) is 0.417. The minimum atomic E-state index is 0.764. The first-order valence-corrected chi connectivity index (χ1v) is 5.60. The molecule has 2 N–H and O–H groups in total. The van der Waals surface area contributed by atoms with Gasteiger partial charge in [-0.15, -0.1) is 6.58 Å². The lowest BCUT2D eigenvalue weighted by Crippen LogP contribution is -2.46. The standard InChI is InChI=1S/C12H18N4/c1-2-6-15-7-9-16(10-8-15)12-11(13)4-3-5-14-12/h2-5H,1,6-10,13H2. The molecule has 0 unspecified atom stereocenters. The molecule has 0 atom stereocenters. The minimum absolute atomic E-state index is 0.764. The van der Waals surface area contributed by atoms with Gasteiger partial charge in [-0.3, -0.25) is 4.90 Å². The van der Waals surface area contributed by atoms with Crippen LogP contribution in [0.3, 0.4) is 0 Å². The highest BCUT2D eigenvalue weighted by atomic mass is 15.3. The van der Waals surface area contributed by atoms with Gasteiger partial charge in [0, 0.05) is 38.9 Å². The zero-order chi connectivity index (χ0) is 11.4. The molecule has 1 aliphatic rings. The number of anilines is 2. The summed E-state index contributed by atoms with van der Waals surface area (Å²) in [4.78, 5) is 8.96. The lowest BCUT2D eigenvalue weighted by Gasteiger charge is -2.35. The van der Waals surface area contributed by atoms with Crippen molar-refractivity contribution in [2.75, 3.05) is 43.4 Å². The Hall–Kier alpha value is -1.55. The Morgan fingerprint density at radius 2 is 2.12 bits per heavy atom. The van der Waals surface area contributed by atoms with Crippen LogP contribution in [0.5, 0.6) is 0 Å². The quantitative estimate of drug-likeness (QED) is 0.768. The van der Waals surface area contributed by atoms with Crippen LogP contribution in [0, 0.1) is 0 Å². The molecule has 1 aromatic heterocycles. The van der Waals surface area contributed by atoms with Gasteiger partial charge in [-0.05, 0) is 12.1 Å². The largest absolute Gasteiger partial charge is 0.396 e. The van der Waals surface area contributed by atoms with Crippen molar-refractivity contribution in [3.8, 4) is 0 Å². The number of rotatable bonds is 3. The maximum atomic E-state index is 5.91. The van der Waals surface area contributed by atoms with Crippen LogP contribution >= 0.6 is 0 Å². The van der Waals surface area contributed by atoms with E-state index in [1.807, 2.05) is 18.2 Å². The first kappa shape index (κ1) is 11.0. The summed E-state index contributed by atoms with van der Waals surface area (Å²) in [5, 5.41) is 0. The van der Waals surface area contributed by atoms with Crippen molar-refractivity contribution >= 4 is 11.5 Å². The van der Waals surface area contributed by atoms with E-state index in [-0.39, 0.29) is 0 Å². The van der Waals surface area contributed by atoms with Gasteiger partial charge in [-0.1, -0.05) is 6.08 Å². The van der Waals surface area contributed by atoms with E-state index < -0.39 is 0 Å². The summed E-state index contributed by atoms with van der Waals surface area (Å²) in [6.45, 7) is 8.77. The van der Waals surface area contributed by atoms with Gasteiger partial charge in [0.1, 0.15) is 0 Å². The summed E-state index contributed by atoms with van der Waals surface area (Å²) in [6, 6.07) is 3.77. The second-order valence-electron chi connectivity index (χ2n) is 3.99. The average Bonchev–Trinajstić information content (AvgIpc) is 2.31. The fourth-order valence-electron chi connectivity index (χ4n) is 2.00. The molecule has 1 saturated heterocycles. The number of nitrogens with zero attached hydrogens (tertiary/aromatic N) is 3. The van der Waals surface area contributed by atoms with E-state index in [9.17, 15) is 0 Å². The van der Waals surface area contributed by atoms with Crippen LogP contribution in [-0.2, 0) is 0 Å². The molecular formula is C12H18N4. The molecule has 0 amide bonds. The zero-order valence-electron chi connectivity index (χ0n) is 9.47. The molecule has 1 aliphatic heterocycles. The molecule has 0 aromatic carbocycles. The Morgan fingerprint density at radius 3 is 2.75 bits per heavy atom. The molecule has 2 rings (SSSR count). The Labute approximate surface area is 96.4 Å². The molecule has 0 spiro atoms. The van der Waals surface area contributed by atoms with Crippen LogP contribution in [0.1, 0.15) is 0 Å². The zero-order valence-corrected chi connectivity index (χ0v) is 9.47. The monoisotopic (exact) mass is 218 g/mol. The number of nitrogen functional groups attached to an aromatic ring is 1. The number of hydrogen-bond donors (Lipinski definition) is 1. The first-order valence-electron chi connectivity index (χ1n) is 5.60. The molecule has 2 heterocycles. The summed E-state index contributed by atoms with van der Waals surface area (Å²) >= 11 is 0. The van der Waals surface area contributed by atoms with Gasteiger partial charge in [-0.2, -0.15) is 0 Å². The maximum absolute atomic E-state index is 5.91. The third kappa shape index (κ3) is 2.33. The van der Waals surface area contributed by atoms with E-state index in [1.54, 1.807) is 6.20 Å². The van der Waals surface area contributed by atoms with Crippen molar-refractivity contribution in [3.63, 3.8) is 0 Å². The average molecular weight is 218 g/mol. The van der Waals surface area contributed by atoms with Crippen LogP contribution in [0.2, 0.25) is 0 Å². The molecule has 1 fully saturated rings. The predicted molar refractivity (Wildman–Crippen MR) is 67.5 cm³/mol. The Kier molecular flexibility index (Phi) is 3.41. The van der Waals surface area contributed by atoms with Gasteiger partial charge in [0.2, 0.25) is 0 Å². The van der Waals surface area contributed by atoms with Gasteiger partial charge in [0.05, 0.1) is 5.69 Å². The van der Waals surface area contributed by atoms with Crippen LogP contribution in [-0.4, -0.2) is 42.6 Å². The Balaban J connectivity index is 1.99. The normalized spacial score (nSPS) is 17.4. The third-order valence-corrected chi connectivity index (χ3v) is 2.88. The second-order valence-corrected chi connectivity index (χ2v) is 3.99. The van der Waals surface area contributed by atoms with Crippen LogP contribution in [0.15, 0.2) is 31.0 Å². The highest BCUT2D eigenvalue weighted by molar-refractivity contribution is 5.62. The second kappa shape index (κ2) is 4.99. The van der Waals surface area contributed by atoms with Gasteiger partial charge in [0.15, 0.2) is 5.82 Å². The SMILES string of the molecule is C=CCN1CCN(c2ncccc2N)CC1. The highest BCUT2D eigenvalue weighted by Gasteiger charge is 2.18. The lowest BCUT2D eigenvalue weighted by molar-refractivity contribution is 0.283. The lowest BCUT2D eigenvalue weighted by atomic mass is 10.3. The summed E-state index contributed by atoms with van der Waals surface area (Å²) in [5.74, 6) is 0.917. The van der Waals surface area contributed by atoms with Crippen LogP contribution < -0.4 is 10.6 Å². The minimum Gasteiger partial charge on any atom is -0.396 e. The topological polar surface area (TPSA) is 45.4 Å². The molecule has 4 nitrogen and oxygen atoms in total. The molecule has 86 valence electrons. The summed E-state index contributed by atoms with van der Waals surface area (Å²) in [6.07, 6.45) is 3.74. The van der Waals surface area contributed by atoms with Crippen LogP contribution in [0.4, 0.5) is 11.5 Å². The number of nitrogens with two attached hydrogens (primary N) is 1. The summed E-state index contributed by atoms with van der Waals surface area (Å²) in [7, 11) is 0. The first-order chi connectivity index (χ1) is 7.81. The number of piperazine rings is 1. The molecule has 0 bridgehead atoms. The fourth-order valence-corrected chi connectivity index (χ4v) is 2.00. The Bertz CT molecular complexity index is 356. The van der Waals surface area contributed by atoms with Crippen molar-refractivity contribution in [2.24, 2.45) is 0 Å². The van der Waals surface area contributed by atoms with E-state index in [4.69, 9.17) is 5.73 Å². The molecule has 1 aromatic rings. The van der Waals surface area contributed by atoms with E-state index in [0.29, 0.717) is 0 Å². The van der Waals surface area contributed by atoms with Crippen molar-refractivity contribution < 1.29 is 0 Å². The summed E-state index contributed by atoms with van der Waals surface area (Å²) in [5.41, 5.74) is 6.67. The van der Waals surface area contributed by atoms with E-state index in [0.717, 1.165) is 44.2 Å². The predicted octanol–water partition coefficient (Wildman–Crippen LogP) is 0.972. The van der Waals surface area contributed by atoms with Crippen LogP contribution in [0.25, 0.3) is 0 Å². The highest BCUT2D eigenvalue weighted by Crippen LogP contribution is 2.20. The molecule has 0 radical (unpaired) electrons. The molecule has 0 aliphatic carbocycles. The summed E-state index contributed by atoms with van der Waals surface area (Å²) < 4.78 is 0. The van der Waals surface area contributed by atoms with Gasteiger partial charge in [-0.25, -0.2) is 4.98 Å². The van der Waals surface area contributed by atoms with E-state index in [2.05, 4.69) is 21.4 Å². The number of pyridine rings is 1. The third-order valence-electron chi connectivity index (χ3n) is 2.88. The molecule has 4 heteroatoms. The van der Waals surface area contributed by atoms with Crippen molar-refractivity contribution in [3.05, 3.63) is 31.0 Å². The molecule has 0 saturated carbocycles. The van der Waals surface area contributed by atoms with Crippen molar-refractivity contribution in [1.29, 1.82) is 0 Å². The van der Waals surface area contributed by atoms with E-state index in [1.165, 1.54) is 0 Å². The smallest absolute Gasteiger partial charge is 0.151 e. The maximum Gasteiger partial charge on any atom is 0.151 e. The van der Waals surface area contributed by atoms with Gasteiger partial charge in [0.25, 0.3) is 0 Å². The van der Waals surface area contributed by atoms with Crippen molar-refractivity contribution in [1.82, 2.24) is 9.88 Å². The van der Waals surface area contributed by atoms with E-state index >= 15 is 0 Å². The van der Waals surface area contributed by atoms with Gasteiger partial charge < -0.3 is 10.6 Å². The number of aromatic nitrogens is 1. The van der Waals surface area contributed by atoms with Crippen molar-refractivity contribution in [2.45, 2.75) is 0 Å². The van der Waals surface area contributed by atoms with Gasteiger partial charge >= 0.3 is 0 Å². The number of hydrogen-bond acceptors (Lipinski definition) is 4. The molecule has 16 heavy (non-hydrogen) atoms. The molecular weight excluding hydrogens is 200 g/mol. The Morgan fingerprint density at radius 1 is 1.38 bits per heavy atom.